The van der Waals surface area contributed by atoms with E-state index in [0.29, 0.717) is 12.3 Å². The Morgan fingerprint density at radius 2 is 1.78 bits per heavy atom. The van der Waals surface area contributed by atoms with Gasteiger partial charge in [-0.3, -0.25) is 9.59 Å². The standard InChI is InChI=1S/C23H21NO3/c1-2-16-7-10-20(11-8-16)24-15-19(14-22(24)25)23(26)27-21-12-9-17-5-3-4-6-18(17)13-21/h3-13,19H,2,14-15H2,1H3/t19-/m1/s1. The molecule has 1 aliphatic rings. The second-order valence-corrected chi connectivity index (χ2v) is 6.86. The molecule has 0 radical (unpaired) electrons. The summed E-state index contributed by atoms with van der Waals surface area (Å²) in [5.74, 6) is -0.335. The number of aryl methyl sites for hydroxylation is 1. The molecule has 1 aliphatic heterocycles. The van der Waals surface area contributed by atoms with Gasteiger partial charge in [0.05, 0.1) is 5.92 Å². The lowest BCUT2D eigenvalue weighted by atomic mass is 10.1. The third-order valence-corrected chi connectivity index (χ3v) is 5.05. The lowest BCUT2D eigenvalue weighted by Crippen LogP contribution is -2.27. The van der Waals surface area contributed by atoms with Gasteiger partial charge in [-0.15, -0.1) is 0 Å². The third-order valence-electron chi connectivity index (χ3n) is 5.05. The molecule has 3 aromatic carbocycles. The molecular weight excluding hydrogens is 338 g/mol. The minimum absolute atomic E-state index is 0.0419. The molecule has 0 bridgehead atoms. The summed E-state index contributed by atoms with van der Waals surface area (Å²) in [7, 11) is 0. The summed E-state index contributed by atoms with van der Waals surface area (Å²) in [5.41, 5.74) is 2.05. The number of hydrogen-bond acceptors (Lipinski definition) is 3. The molecule has 1 amide bonds. The van der Waals surface area contributed by atoms with Crippen LogP contribution in [-0.2, 0) is 16.0 Å². The third kappa shape index (κ3) is 3.56. The highest BCUT2D eigenvalue weighted by Crippen LogP contribution is 2.28. The Kier molecular flexibility index (Phi) is 4.63. The number of esters is 1. The van der Waals surface area contributed by atoms with Crippen LogP contribution >= 0.6 is 0 Å². The molecule has 4 nitrogen and oxygen atoms in total. The first-order chi connectivity index (χ1) is 13.1. The van der Waals surface area contributed by atoms with Gasteiger partial charge in [0, 0.05) is 18.7 Å². The van der Waals surface area contributed by atoms with Crippen molar-refractivity contribution >= 4 is 28.3 Å². The predicted octanol–water partition coefficient (Wildman–Crippen LogP) is 4.36. The van der Waals surface area contributed by atoms with Crippen molar-refractivity contribution in [1.82, 2.24) is 0 Å². The molecule has 1 fully saturated rings. The van der Waals surface area contributed by atoms with Gasteiger partial charge in [-0.1, -0.05) is 49.4 Å². The van der Waals surface area contributed by atoms with Gasteiger partial charge >= 0.3 is 5.97 Å². The van der Waals surface area contributed by atoms with E-state index in [2.05, 4.69) is 6.92 Å². The van der Waals surface area contributed by atoms with Crippen molar-refractivity contribution in [2.45, 2.75) is 19.8 Å². The number of nitrogens with zero attached hydrogens (tertiary/aromatic N) is 1. The van der Waals surface area contributed by atoms with Crippen molar-refractivity contribution in [3.63, 3.8) is 0 Å². The molecule has 1 heterocycles. The molecule has 136 valence electrons. The Bertz CT molecular complexity index is 994. The maximum absolute atomic E-state index is 12.6. The first-order valence-electron chi connectivity index (χ1n) is 9.24. The van der Waals surface area contributed by atoms with Crippen LogP contribution in [0.1, 0.15) is 18.9 Å². The smallest absolute Gasteiger partial charge is 0.316 e. The summed E-state index contributed by atoms with van der Waals surface area (Å²) in [6.07, 6.45) is 1.14. The van der Waals surface area contributed by atoms with Gasteiger partial charge in [0.25, 0.3) is 0 Å². The highest BCUT2D eigenvalue weighted by atomic mass is 16.5. The minimum atomic E-state index is -0.449. The Hall–Kier alpha value is -3.14. The first-order valence-corrected chi connectivity index (χ1v) is 9.24. The number of benzene rings is 3. The van der Waals surface area contributed by atoms with Crippen molar-refractivity contribution < 1.29 is 14.3 Å². The van der Waals surface area contributed by atoms with E-state index >= 15 is 0 Å². The fourth-order valence-electron chi connectivity index (χ4n) is 3.46. The maximum atomic E-state index is 12.6. The number of carbonyl (C=O) groups is 2. The molecule has 3 aromatic rings. The second-order valence-electron chi connectivity index (χ2n) is 6.86. The average molecular weight is 359 g/mol. The molecule has 1 saturated heterocycles. The molecule has 0 N–H and O–H groups in total. The van der Waals surface area contributed by atoms with E-state index in [1.54, 1.807) is 11.0 Å². The Labute approximate surface area is 158 Å². The molecule has 0 spiro atoms. The highest BCUT2D eigenvalue weighted by Gasteiger charge is 2.36. The number of fused-ring (bicyclic) bond motifs is 1. The van der Waals surface area contributed by atoms with Gasteiger partial charge < -0.3 is 9.64 Å². The van der Waals surface area contributed by atoms with Crippen LogP contribution in [0.4, 0.5) is 5.69 Å². The molecule has 0 unspecified atom stereocenters. The van der Waals surface area contributed by atoms with Crippen LogP contribution in [0.5, 0.6) is 5.75 Å². The van der Waals surface area contributed by atoms with Crippen LogP contribution in [0.2, 0.25) is 0 Å². The van der Waals surface area contributed by atoms with Gasteiger partial charge in [-0.2, -0.15) is 0 Å². The van der Waals surface area contributed by atoms with Gasteiger partial charge in [-0.25, -0.2) is 0 Å². The van der Waals surface area contributed by atoms with Crippen LogP contribution in [0.25, 0.3) is 10.8 Å². The Morgan fingerprint density at radius 1 is 1.04 bits per heavy atom. The lowest BCUT2D eigenvalue weighted by Gasteiger charge is -2.17. The van der Waals surface area contributed by atoms with Crippen molar-refractivity contribution in [3.8, 4) is 5.75 Å². The lowest BCUT2D eigenvalue weighted by molar-refractivity contribution is -0.139. The van der Waals surface area contributed by atoms with Gasteiger partial charge in [0.15, 0.2) is 0 Å². The number of amides is 1. The van der Waals surface area contributed by atoms with E-state index in [0.717, 1.165) is 22.9 Å². The first kappa shape index (κ1) is 17.3. The summed E-state index contributed by atoms with van der Waals surface area (Å²) < 4.78 is 5.56. The summed E-state index contributed by atoms with van der Waals surface area (Å²) in [6.45, 7) is 2.45. The van der Waals surface area contributed by atoms with E-state index in [1.165, 1.54) is 5.56 Å². The van der Waals surface area contributed by atoms with Crippen LogP contribution in [0, 0.1) is 5.92 Å². The van der Waals surface area contributed by atoms with E-state index in [9.17, 15) is 9.59 Å². The fourth-order valence-corrected chi connectivity index (χ4v) is 3.46. The van der Waals surface area contributed by atoms with Gasteiger partial charge in [-0.05, 0) is 47.0 Å². The van der Waals surface area contributed by atoms with E-state index in [1.807, 2.05) is 60.7 Å². The molecule has 0 saturated carbocycles. The number of ether oxygens (including phenoxy) is 1. The fraction of sp³-hybridized carbons (Fsp3) is 0.217. The normalized spacial score (nSPS) is 16.7. The SMILES string of the molecule is CCc1ccc(N2C[C@H](C(=O)Oc3ccc4ccccc4c3)CC2=O)cc1. The number of hydrogen-bond donors (Lipinski definition) is 0. The van der Waals surface area contributed by atoms with Crippen LogP contribution in [-0.4, -0.2) is 18.4 Å². The van der Waals surface area contributed by atoms with Crippen LogP contribution in [0.3, 0.4) is 0 Å². The minimum Gasteiger partial charge on any atom is -0.426 e. The largest absolute Gasteiger partial charge is 0.426 e. The van der Waals surface area contributed by atoms with Crippen molar-refractivity contribution in [2.24, 2.45) is 5.92 Å². The zero-order valence-electron chi connectivity index (χ0n) is 15.2. The summed E-state index contributed by atoms with van der Waals surface area (Å²) >= 11 is 0. The second kappa shape index (κ2) is 7.23. The Morgan fingerprint density at radius 3 is 2.52 bits per heavy atom. The van der Waals surface area contributed by atoms with E-state index in [4.69, 9.17) is 4.74 Å². The topological polar surface area (TPSA) is 46.6 Å². The quantitative estimate of drug-likeness (QED) is 0.514. The molecule has 4 heteroatoms. The maximum Gasteiger partial charge on any atom is 0.316 e. The zero-order valence-corrected chi connectivity index (χ0v) is 15.2. The molecule has 0 aromatic heterocycles. The number of anilines is 1. The van der Waals surface area contributed by atoms with Crippen LogP contribution in [0.15, 0.2) is 66.7 Å². The zero-order chi connectivity index (χ0) is 18.8. The van der Waals surface area contributed by atoms with Gasteiger partial charge in [0.1, 0.15) is 5.75 Å². The highest BCUT2D eigenvalue weighted by molar-refractivity contribution is 5.99. The summed E-state index contributed by atoms with van der Waals surface area (Å²) in [4.78, 5) is 26.6. The Balaban J connectivity index is 1.46. The molecule has 0 aliphatic carbocycles. The molecular formula is C23H21NO3. The number of carbonyl (C=O) groups excluding carboxylic acids is 2. The van der Waals surface area contributed by atoms with E-state index in [-0.39, 0.29) is 18.3 Å². The predicted molar refractivity (Wildman–Crippen MR) is 106 cm³/mol. The van der Waals surface area contributed by atoms with Crippen LogP contribution < -0.4 is 9.64 Å². The monoisotopic (exact) mass is 359 g/mol. The van der Waals surface area contributed by atoms with Crippen molar-refractivity contribution in [1.29, 1.82) is 0 Å². The average Bonchev–Trinajstić information content (AvgIpc) is 3.10. The molecule has 1 atom stereocenters. The molecule has 27 heavy (non-hydrogen) atoms. The molecule has 4 rings (SSSR count). The summed E-state index contributed by atoms with van der Waals surface area (Å²) in [6, 6.07) is 21.4. The van der Waals surface area contributed by atoms with Crippen molar-refractivity contribution in [3.05, 3.63) is 72.3 Å². The number of rotatable bonds is 4. The van der Waals surface area contributed by atoms with Gasteiger partial charge in [0.2, 0.25) is 5.91 Å². The summed E-state index contributed by atoms with van der Waals surface area (Å²) in [5, 5.41) is 2.11. The van der Waals surface area contributed by atoms with Crippen molar-refractivity contribution in [2.75, 3.05) is 11.4 Å². The van der Waals surface area contributed by atoms with E-state index < -0.39 is 5.92 Å².